The predicted octanol–water partition coefficient (Wildman–Crippen LogP) is 3.09. The highest BCUT2D eigenvalue weighted by atomic mass is 16.1. The van der Waals surface area contributed by atoms with Crippen molar-refractivity contribution in [3.63, 3.8) is 0 Å². The molecule has 4 atom stereocenters. The van der Waals surface area contributed by atoms with E-state index < -0.39 is 0 Å². The predicted molar refractivity (Wildman–Crippen MR) is 74.3 cm³/mol. The van der Waals surface area contributed by atoms with Crippen LogP contribution in [0, 0.1) is 17.8 Å². The van der Waals surface area contributed by atoms with Crippen LogP contribution in [0.25, 0.3) is 0 Å². The van der Waals surface area contributed by atoms with Crippen LogP contribution in [0.1, 0.15) is 50.6 Å². The molecule has 3 nitrogen and oxygen atoms in total. The summed E-state index contributed by atoms with van der Waals surface area (Å²) in [7, 11) is 0. The highest BCUT2D eigenvalue weighted by Crippen LogP contribution is 2.49. The zero-order valence-electron chi connectivity index (χ0n) is 11.5. The number of carbonyl (C=O) groups is 1. The van der Waals surface area contributed by atoms with E-state index >= 15 is 0 Å². The van der Waals surface area contributed by atoms with E-state index in [-0.39, 0.29) is 11.9 Å². The van der Waals surface area contributed by atoms with Crippen LogP contribution in [-0.2, 0) is 4.79 Å². The first-order valence-electron chi connectivity index (χ1n) is 7.41. The molecule has 0 aromatic carbocycles. The van der Waals surface area contributed by atoms with E-state index in [1.807, 2.05) is 19.1 Å². The van der Waals surface area contributed by atoms with E-state index in [9.17, 15) is 4.79 Å². The lowest BCUT2D eigenvalue weighted by Crippen LogP contribution is -2.29. The third kappa shape index (κ3) is 2.80. The van der Waals surface area contributed by atoms with Gasteiger partial charge in [0, 0.05) is 18.8 Å². The summed E-state index contributed by atoms with van der Waals surface area (Å²) in [5.41, 5.74) is 1.12. The maximum Gasteiger partial charge on any atom is 0.220 e. The van der Waals surface area contributed by atoms with Crippen LogP contribution in [0.5, 0.6) is 0 Å². The molecule has 0 radical (unpaired) electrons. The van der Waals surface area contributed by atoms with E-state index in [0.29, 0.717) is 5.92 Å². The monoisotopic (exact) mass is 258 g/mol. The molecule has 0 spiro atoms. The number of hydrogen-bond acceptors (Lipinski definition) is 2. The molecule has 1 amide bonds. The van der Waals surface area contributed by atoms with Crippen molar-refractivity contribution in [3.05, 3.63) is 30.1 Å². The molecule has 19 heavy (non-hydrogen) atoms. The summed E-state index contributed by atoms with van der Waals surface area (Å²) < 4.78 is 0. The number of rotatable bonds is 4. The molecule has 1 heterocycles. The molecule has 3 heteroatoms. The number of pyridine rings is 1. The molecule has 0 saturated heterocycles. The number of amides is 1. The zero-order chi connectivity index (χ0) is 13.2. The maximum absolute atomic E-state index is 12.1. The van der Waals surface area contributed by atoms with E-state index in [2.05, 4.69) is 10.3 Å². The van der Waals surface area contributed by atoms with Crippen LogP contribution < -0.4 is 5.32 Å². The lowest BCUT2D eigenvalue weighted by molar-refractivity contribution is -0.123. The topological polar surface area (TPSA) is 42.0 Å². The van der Waals surface area contributed by atoms with Gasteiger partial charge in [0.1, 0.15) is 0 Å². The molecule has 3 rings (SSSR count). The molecule has 0 aliphatic heterocycles. The second-order valence-corrected chi connectivity index (χ2v) is 6.21. The minimum absolute atomic E-state index is 0.0779. The smallest absolute Gasteiger partial charge is 0.220 e. The van der Waals surface area contributed by atoms with E-state index in [1.165, 1.54) is 25.7 Å². The van der Waals surface area contributed by atoms with Crippen molar-refractivity contribution < 1.29 is 4.79 Å². The Labute approximate surface area is 114 Å². The molecule has 1 aromatic heterocycles. The molecule has 0 unspecified atom stereocenters. The summed E-state index contributed by atoms with van der Waals surface area (Å²) in [6.45, 7) is 2.04. The summed E-state index contributed by atoms with van der Waals surface area (Å²) in [5.74, 6) is 2.60. The maximum atomic E-state index is 12.1. The van der Waals surface area contributed by atoms with Gasteiger partial charge >= 0.3 is 0 Å². The Hall–Kier alpha value is -1.38. The van der Waals surface area contributed by atoms with Gasteiger partial charge in [-0.25, -0.2) is 0 Å². The summed E-state index contributed by atoms with van der Waals surface area (Å²) in [6, 6.07) is 4.00. The third-order valence-corrected chi connectivity index (χ3v) is 4.92. The molecule has 102 valence electrons. The minimum Gasteiger partial charge on any atom is -0.350 e. The summed E-state index contributed by atoms with van der Waals surface area (Å²) in [5, 5.41) is 3.12. The molecular weight excluding hydrogens is 236 g/mol. The number of aromatic nitrogens is 1. The third-order valence-electron chi connectivity index (χ3n) is 4.92. The first-order valence-corrected chi connectivity index (χ1v) is 7.41. The second kappa shape index (κ2) is 5.32. The van der Waals surface area contributed by atoms with Gasteiger partial charge in [0.05, 0.1) is 6.04 Å². The van der Waals surface area contributed by atoms with Gasteiger partial charge in [-0.05, 0) is 61.6 Å². The summed E-state index contributed by atoms with van der Waals surface area (Å²) in [6.07, 6.45) is 9.66. The number of fused-ring (bicyclic) bond motifs is 2. The summed E-state index contributed by atoms with van der Waals surface area (Å²) in [4.78, 5) is 16.1. The molecule has 2 aliphatic carbocycles. The van der Waals surface area contributed by atoms with Crippen molar-refractivity contribution in [2.75, 3.05) is 0 Å². The highest BCUT2D eigenvalue weighted by molar-refractivity contribution is 5.76. The van der Waals surface area contributed by atoms with Crippen molar-refractivity contribution >= 4 is 5.91 Å². The lowest BCUT2D eigenvalue weighted by Gasteiger charge is -2.22. The highest BCUT2D eigenvalue weighted by Gasteiger charge is 2.40. The van der Waals surface area contributed by atoms with Crippen LogP contribution in [0.2, 0.25) is 0 Å². The van der Waals surface area contributed by atoms with Crippen LogP contribution in [0.15, 0.2) is 24.5 Å². The molecular formula is C16H22N2O. The average molecular weight is 258 g/mol. The van der Waals surface area contributed by atoms with Crippen molar-refractivity contribution in [3.8, 4) is 0 Å². The lowest BCUT2D eigenvalue weighted by atomic mass is 9.86. The average Bonchev–Trinajstić information content (AvgIpc) is 3.02. The van der Waals surface area contributed by atoms with Crippen molar-refractivity contribution in [2.45, 2.75) is 45.1 Å². The first-order chi connectivity index (χ1) is 9.22. The quantitative estimate of drug-likeness (QED) is 0.901. The minimum atomic E-state index is 0.0779. The van der Waals surface area contributed by atoms with Gasteiger partial charge in [0.25, 0.3) is 0 Å². The van der Waals surface area contributed by atoms with Gasteiger partial charge in [-0.1, -0.05) is 6.42 Å². The second-order valence-electron chi connectivity index (χ2n) is 6.21. The molecule has 2 bridgehead atoms. The van der Waals surface area contributed by atoms with E-state index in [1.54, 1.807) is 12.4 Å². The van der Waals surface area contributed by atoms with Gasteiger partial charge in [0.2, 0.25) is 5.91 Å². The van der Waals surface area contributed by atoms with Gasteiger partial charge in [-0.3, -0.25) is 9.78 Å². The Balaban J connectivity index is 1.51. The van der Waals surface area contributed by atoms with Crippen molar-refractivity contribution in [2.24, 2.45) is 17.8 Å². The van der Waals surface area contributed by atoms with Crippen LogP contribution >= 0.6 is 0 Å². The number of nitrogens with zero attached hydrogens (tertiary/aromatic N) is 1. The number of hydrogen-bond donors (Lipinski definition) is 1. The van der Waals surface area contributed by atoms with Crippen molar-refractivity contribution in [1.29, 1.82) is 0 Å². The van der Waals surface area contributed by atoms with Crippen molar-refractivity contribution in [1.82, 2.24) is 10.3 Å². The van der Waals surface area contributed by atoms with Crippen LogP contribution in [-0.4, -0.2) is 10.9 Å². The van der Waals surface area contributed by atoms with Gasteiger partial charge in [-0.15, -0.1) is 0 Å². The molecule has 2 fully saturated rings. The van der Waals surface area contributed by atoms with E-state index in [4.69, 9.17) is 0 Å². The molecule has 2 aliphatic rings. The van der Waals surface area contributed by atoms with Crippen LogP contribution in [0.4, 0.5) is 0 Å². The fourth-order valence-electron chi connectivity index (χ4n) is 3.90. The largest absolute Gasteiger partial charge is 0.350 e. The molecule has 2 saturated carbocycles. The Morgan fingerprint density at radius 1 is 1.37 bits per heavy atom. The van der Waals surface area contributed by atoms with Crippen LogP contribution in [0.3, 0.4) is 0 Å². The zero-order valence-corrected chi connectivity index (χ0v) is 11.5. The molecule has 1 N–H and O–H groups in total. The first kappa shape index (κ1) is 12.6. The Morgan fingerprint density at radius 3 is 2.79 bits per heavy atom. The Morgan fingerprint density at radius 2 is 2.16 bits per heavy atom. The SMILES string of the molecule is C[C@@H](NC(=O)C[C@@H]1C[C@H]2CC[C@H]1C2)c1ccncc1. The van der Waals surface area contributed by atoms with Gasteiger partial charge in [-0.2, -0.15) is 0 Å². The standard InChI is InChI=1S/C16H22N2O/c1-11(13-4-6-17-7-5-13)18-16(19)10-15-9-12-2-3-14(15)8-12/h4-7,11-12,14-15H,2-3,8-10H2,1H3,(H,18,19)/t11-,12+,14+,15+/m1/s1. The Bertz CT molecular complexity index is 445. The van der Waals surface area contributed by atoms with Gasteiger partial charge in [0.15, 0.2) is 0 Å². The van der Waals surface area contributed by atoms with Gasteiger partial charge < -0.3 is 5.32 Å². The summed E-state index contributed by atoms with van der Waals surface area (Å²) >= 11 is 0. The number of nitrogens with one attached hydrogen (secondary N) is 1. The Kier molecular flexibility index (Phi) is 3.54. The molecule has 1 aromatic rings. The fraction of sp³-hybridized carbons (Fsp3) is 0.625. The van der Waals surface area contributed by atoms with E-state index in [0.717, 1.165) is 23.8 Å². The fourth-order valence-corrected chi connectivity index (χ4v) is 3.90. The number of carbonyl (C=O) groups excluding carboxylic acids is 1. The normalized spacial score (nSPS) is 30.3.